The first-order chi connectivity index (χ1) is 21.7. The van der Waals surface area contributed by atoms with E-state index in [-0.39, 0.29) is 0 Å². The van der Waals surface area contributed by atoms with E-state index in [1.165, 1.54) is 218 Å². The molecule has 2 atom stereocenters. The minimum absolute atomic E-state index is 0.598. The first kappa shape index (κ1) is 41.2. The second kappa shape index (κ2) is 32.2. The molecule has 1 heterocycles. The fourth-order valence-corrected chi connectivity index (χ4v) is 7.21. The van der Waals surface area contributed by atoms with Gasteiger partial charge in [-0.3, -0.25) is 0 Å². The van der Waals surface area contributed by atoms with Gasteiger partial charge in [0.25, 0.3) is 5.82 Å². The molecule has 0 aliphatic heterocycles. The van der Waals surface area contributed by atoms with Crippen LogP contribution in [-0.4, -0.2) is 4.98 Å². The van der Waals surface area contributed by atoms with Gasteiger partial charge < -0.3 is 0 Å². The number of rotatable bonds is 35. The van der Waals surface area contributed by atoms with Crippen LogP contribution in [0.1, 0.15) is 257 Å². The van der Waals surface area contributed by atoms with Crippen molar-refractivity contribution in [2.24, 2.45) is 0 Å². The molecule has 0 amide bonds. The van der Waals surface area contributed by atoms with Crippen LogP contribution in [0.25, 0.3) is 0 Å². The smallest absolute Gasteiger partial charge is 0.247 e. The fourth-order valence-electron chi connectivity index (χ4n) is 7.21. The summed E-state index contributed by atoms with van der Waals surface area (Å²) in [5, 5.41) is 0. The molecule has 0 aliphatic rings. The molecule has 0 fully saturated rings. The van der Waals surface area contributed by atoms with E-state index in [0.717, 1.165) is 0 Å². The van der Waals surface area contributed by atoms with Gasteiger partial charge in [0.05, 0.1) is 12.0 Å². The molecule has 0 spiro atoms. The Hall–Kier alpha value is -0.790. The van der Waals surface area contributed by atoms with E-state index in [0.29, 0.717) is 12.0 Å². The van der Waals surface area contributed by atoms with Crippen LogP contribution in [0.2, 0.25) is 0 Å². The molecule has 260 valence electrons. The highest BCUT2D eigenvalue weighted by Gasteiger charge is 2.24. The Morgan fingerprint density at radius 2 is 0.750 bits per heavy atom. The van der Waals surface area contributed by atoms with Gasteiger partial charge in [0.15, 0.2) is 0 Å². The quantitative estimate of drug-likeness (QED) is 0.0579. The van der Waals surface area contributed by atoms with Crippen molar-refractivity contribution < 1.29 is 4.57 Å². The lowest BCUT2D eigenvalue weighted by Crippen LogP contribution is -2.40. The zero-order valence-electron chi connectivity index (χ0n) is 31.1. The first-order valence-electron chi connectivity index (χ1n) is 20.8. The molecule has 1 rings (SSSR count). The van der Waals surface area contributed by atoms with E-state index in [2.05, 4.69) is 49.6 Å². The fraction of sp³-hybridized carbons (Fsp3) is 0.929. The maximum Gasteiger partial charge on any atom is 0.257 e. The van der Waals surface area contributed by atoms with Crippen LogP contribution in [-0.2, 0) is 0 Å². The third-order valence-electron chi connectivity index (χ3n) is 10.5. The summed E-state index contributed by atoms with van der Waals surface area (Å²) >= 11 is 0. The molecule has 1 aromatic heterocycles. The SMILES string of the molecule is CCCCCCCCCCCCCCCCCCC(CCCCCCCCCCCCCCCC)c1[nH]cc[n+]1C(C)CC. The standard InChI is InChI=1S/C42H82N2/c1-5-8-10-12-14-16-18-20-22-23-25-27-29-31-33-35-37-41(42-43-38-39-44(42)40(4)7-3)36-34-32-30-28-26-24-21-19-17-15-13-11-9-6-2/h38-41H,5-37H2,1-4H3/p+1. The molecule has 0 aromatic carbocycles. The Balaban J connectivity index is 2.14. The second-order valence-electron chi connectivity index (χ2n) is 14.7. The summed E-state index contributed by atoms with van der Waals surface area (Å²) < 4.78 is 2.56. The van der Waals surface area contributed by atoms with E-state index in [1.807, 2.05) is 0 Å². The van der Waals surface area contributed by atoms with Crippen LogP contribution in [0.3, 0.4) is 0 Å². The highest BCUT2D eigenvalue weighted by molar-refractivity contribution is 4.90. The average molecular weight is 616 g/mol. The third-order valence-corrected chi connectivity index (χ3v) is 10.5. The largest absolute Gasteiger partial charge is 0.257 e. The van der Waals surface area contributed by atoms with Crippen molar-refractivity contribution in [2.75, 3.05) is 0 Å². The van der Waals surface area contributed by atoms with E-state index >= 15 is 0 Å². The molecule has 0 saturated heterocycles. The van der Waals surface area contributed by atoms with Gasteiger partial charge in [0.2, 0.25) is 0 Å². The summed E-state index contributed by atoms with van der Waals surface area (Å²) in [6.45, 7) is 9.33. The molecule has 0 aliphatic carbocycles. The van der Waals surface area contributed by atoms with Gasteiger partial charge in [-0.05, 0) is 26.2 Å². The molecule has 0 bridgehead atoms. The molecule has 2 heteroatoms. The predicted molar refractivity (Wildman–Crippen MR) is 198 cm³/mol. The number of nitrogens with zero attached hydrogens (tertiary/aromatic N) is 1. The number of aromatic nitrogens is 2. The van der Waals surface area contributed by atoms with Crippen molar-refractivity contribution in [3.63, 3.8) is 0 Å². The summed E-state index contributed by atoms with van der Waals surface area (Å²) in [5.74, 6) is 2.22. The maximum absolute atomic E-state index is 3.69. The summed E-state index contributed by atoms with van der Waals surface area (Å²) in [5.41, 5.74) is 0. The molecule has 44 heavy (non-hydrogen) atoms. The maximum atomic E-state index is 3.69. The van der Waals surface area contributed by atoms with Crippen LogP contribution < -0.4 is 4.57 Å². The molecular weight excluding hydrogens is 532 g/mol. The highest BCUT2D eigenvalue weighted by atomic mass is 15.1. The lowest BCUT2D eigenvalue weighted by Gasteiger charge is -2.16. The minimum Gasteiger partial charge on any atom is -0.247 e. The summed E-state index contributed by atoms with van der Waals surface area (Å²) in [7, 11) is 0. The topological polar surface area (TPSA) is 19.7 Å². The normalized spacial score (nSPS) is 13.1. The molecular formula is C42H83N2+. The Bertz CT molecular complexity index is 679. The van der Waals surface area contributed by atoms with Crippen molar-refractivity contribution in [1.29, 1.82) is 0 Å². The molecule has 0 saturated carbocycles. The molecule has 2 nitrogen and oxygen atoms in total. The van der Waals surface area contributed by atoms with Crippen molar-refractivity contribution in [1.82, 2.24) is 4.98 Å². The third kappa shape index (κ3) is 23.5. The number of unbranched alkanes of at least 4 members (excludes halogenated alkanes) is 28. The van der Waals surface area contributed by atoms with E-state index < -0.39 is 0 Å². The molecule has 1 aromatic rings. The van der Waals surface area contributed by atoms with Crippen LogP contribution in [0.15, 0.2) is 12.4 Å². The Morgan fingerprint density at radius 1 is 0.455 bits per heavy atom. The van der Waals surface area contributed by atoms with E-state index in [1.54, 1.807) is 0 Å². The lowest BCUT2D eigenvalue weighted by molar-refractivity contribution is -0.726. The molecule has 0 radical (unpaired) electrons. The number of aromatic amines is 1. The second-order valence-corrected chi connectivity index (χ2v) is 14.7. The van der Waals surface area contributed by atoms with Gasteiger partial charge in [-0.15, -0.1) is 0 Å². The molecule has 1 N–H and O–H groups in total. The highest BCUT2D eigenvalue weighted by Crippen LogP contribution is 2.27. The Kier molecular flexibility index (Phi) is 30.1. The van der Waals surface area contributed by atoms with Gasteiger partial charge in [-0.2, -0.15) is 0 Å². The monoisotopic (exact) mass is 616 g/mol. The minimum atomic E-state index is 0.598. The summed E-state index contributed by atoms with van der Waals surface area (Å²) in [6, 6.07) is 0.598. The van der Waals surface area contributed by atoms with Gasteiger partial charge in [0, 0.05) is 0 Å². The number of imidazole rings is 1. The van der Waals surface area contributed by atoms with Gasteiger partial charge in [-0.25, -0.2) is 9.55 Å². The molecule has 2 unspecified atom stereocenters. The zero-order chi connectivity index (χ0) is 31.8. The Morgan fingerprint density at radius 3 is 1.05 bits per heavy atom. The van der Waals surface area contributed by atoms with Crippen molar-refractivity contribution >= 4 is 0 Å². The predicted octanol–water partition coefficient (Wildman–Crippen LogP) is 14.9. The van der Waals surface area contributed by atoms with Gasteiger partial charge >= 0.3 is 0 Å². The van der Waals surface area contributed by atoms with Crippen LogP contribution in [0.4, 0.5) is 0 Å². The van der Waals surface area contributed by atoms with Crippen LogP contribution in [0, 0.1) is 0 Å². The first-order valence-corrected chi connectivity index (χ1v) is 20.8. The van der Waals surface area contributed by atoms with Crippen LogP contribution >= 0.6 is 0 Å². The number of hydrogen-bond donors (Lipinski definition) is 1. The van der Waals surface area contributed by atoms with E-state index in [9.17, 15) is 0 Å². The zero-order valence-corrected chi connectivity index (χ0v) is 31.1. The summed E-state index contributed by atoms with van der Waals surface area (Å²) in [6.07, 6.45) is 51.9. The van der Waals surface area contributed by atoms with Crippen molar-refractivity contribution in [2.45, 2.75) is 252 Å². The average Bonchev–Trinajstić information content (AvgIpc) is 3.53. The number of H-pyrrole nitrogens is 1. The van der Waals surface area contributed by atoms with Crippen molar-refractivity contribution in [3.05, 3.63) is 18.2 Å². The van der Waals surface area contributed by atoms with Gasteiger partial charge in [0.1, 0.15) is 12.4 Å². The van der Waals surface area contributed by atoms with E-state index in [4.69, 9.17) is 0 Å². The number of hydrogen-bond acceptors (Lipinski definition) is 0. The summed E-state index contributed by atoms with van der Waals surface area (Å²) in [4.78, 5) is 3.69. The van der Waals surface area contributed by atoms with Crippen molar-refractivity contribution in [3.8, 4) is 0 Å². The van der Waals surface area contributed by atoms with Crippen LogP contribution in [0.5, 0.6) is 0 Å². The Labute approximate surface area is 278 Å². The van der Waals surface area contributed by atoms with Gasteiger partial charge in [-0.1, -0.05) is 213 Å². The lowest BCUT2D eigenvalue weighted by atomic mass is 9.93. The number of nitrogens with one attached hydrogen (secondary N) is 1.